The van der Waals surface area contributed by atoms with Crippen molar-refractivity contribution in [3.8, 4) is 0 Å². The summed E-state index contributed by atoms with van der Waals surface area (Å²) < 4.78 is 10.1. The van der Waals surface area contributed by atoms with Crippen LogP contribution in [0.4, 0.5) is 4.79 Å². The number of hydrogen-bond acceptors (Lipinski definition) is 3. The third kappa shape index (κ3) is 2.70. The Labute approximate surface area is 88.4 Å². The summed E-state index contributed by atoms with van der Waals surface area (Å²) in [5.41, 5.74) is 0.982. The number of benzene rings is 1. The molecule has 0 radical (unpaired) electrons. The Morgan fingerprint density at radius 2 is 2.20 bits per heavy atom. The summed E-state index contributed by atoms with van der Waals surface area (Å²) in [6, 6.07) is 9.59. The summed E-state index contributed by atoms with van der Waals surface area (Å²) >= 11 is 0. The van der Waals surface area contributed by atoms with Crippen LogP contribution in [-0.2, 0) is 16.1 Å². The van der Waals surface area contributed by atoms with Gasteiger partial charge in [0.1, 0.15) is 6.61 Å². The van der Waals surface area contributed by atoms with E-state index in [1.807, 2.05) is 30.3 Å². The van der Waals surface area contributed by atoms with E-state index in [-0.39, 0.29) is 12.3 Å². The molecule has 1 saturated heterocycles. The van der Waals surface area contributed by atoms with Gasteiger partial charge in [0.15, 0.2) is 6.23 Å². The number of carbonyl (C=O) groups is 1. The molecular weight excluding hydrogens is 194 g/mol. The first kappa shape index (κ1) is 9.98. The molecule has 80 valence electrons. The van der Waals surface area contributed by atoms with Gasteiger partial charge in [-0.05, 0) is 5.56 Å². The molecule has 0 bridgehead atoms. The highest BCUT2D eigenvalue weighted by atomic mass is 16.6. The molecule has 1 amide bonds. The second-order valence-electron chi connectivity index (χ2n) is 3.44. The summed E-state index contributed by atoms with van der Waals surface area (Å²) in [6.45, 7) is 0.910. The fourth-order valence-corrected chi connectivity index (χ4v) is 1.21. The van der Waals surface area contributed by atoms with E-state index in [1.165, 1.54) is 4.90 Å². The molecule has 1 aliphatic heterocycles. The number of carbonyl (C=O) groups excluding carboxylic acids is 1. The van der Waals surface area contributed by atoms with Crippen LogP contribution in [0.15, 0.2) is 30.3 Å². The van der Waals surface area contributed by atoms with Gasteiger partial charge in [-0.2, -0.15) is 0 Å². The van der Waals surface area contributed by atoms with Crippen LogP contribution in [0.3, 0.4) is 0 Å². The van der Waals surface area contributed by atoms with Gasteiger partial charge in [0.25, 0.3) is 0 Å². The molecule has 0 N–H and O–H groups in total. The third-order valence-electron chi connectivity index (χ3n) is 2.24. The Morgan fingerprint density at radius 1 is 1.53 bits per heavy atom. The number of epoxide rings is 1. The van der Waals surface area contributed by atoms with Crippen LogP contribution in [-0.4, -0.2) is 30.9 Å². The molecular formula is C11H13NO3. The van der Waals surface area contributed by atoms with Crippen molar-refractivity contribution >= 4 is 6.09 Å². The van der Waals surface area contributed by atoms with Gasteiger partial charge in [-0.1, -0.05) is 30.3 Å². The molecule has 1 aromatic carbocycles. The maximum atomic E-state index is 11.4. The number of nitrogens with zero attached hydrogens (tertiary/aromatic N) is 1. The van der Waals surface area contributed by atoms with Crippen molar-refractivity contribution in [2.45, 2.75) is 12.8 Å². The second-order valence-corrected chi connectivity index (χ2v) is 3.44. The van der Waals surface area contributed by atoms with Crippen LogP contribution in [0.2, 0.25) is 0 Å². The number of amides is 1. The first-order valence-electron chi connectivity index (χ1n) is 4.82. The molecule has 2 rings (SSSR count). The highest BCUT2D eigenvalue weighted by Gasteiger charge is 2.31. The van der Waals surface area contributed by atoms with Crippen LogP contribution in [0.25, 0.3) is 0 Å². The van der Waals surface area contributed by atoms with Crippen molar-refractivity contribution < 1.29 is 14.3 Å². The third-order valence-corrected chi connectivity index (χ3v) is 2.24. The summed E-state index contributed by atoms with van der Waals surface area (Å²) in [5.74, 6) is 0. The van der Waals surface area contributed by atoms with Crippen LogP contribution in [0.5, 0.6) is 0 Å². The van der Waals surface area contributed by atoms with Crippen LogP contribution in [0.1, 0.15) is 5.56 Å². The van der Waals surface area contributed by atoms with E-state index >= 15 is 0 Å². The maximum Gasteiger partial charge on any atom is 0.411 e. The van der Waals surface area contributed by atoms with Gasteiger partial charge in [-0.25, -0.2) is 4.79 Å². The average Bonchev–Trinajstić information content (AvgIpc) is 3.10. The lowest BCUT2D eigenvalue weighted by molar-refractivity contribution is 0.0893. The van der Waals surface area contributed by atoms with Gasteiger partial charge in [0, 0.05) is 7.05 Å². The summed E-state index contributed by atoms with van der Waals surface area (Å²) in [6.07, 6.45) is -0.436. The SMILES string of the molecule is CN(C(=O)OCc1ccccc1)[C@H]1CO1. The minimum absolute atomic E-state index is 0.0896. The summed E-state index contributed by atoms with van der Waals surface area (Å²) in [4.78, 5) is 12.9. The Morgan fingerprint density at radius 3 is 2.80 bits per heavy atom. The monoisotopic (exact) mass is 207 g/mol. The fourth-order valence-electron chi connectivity index (χ4n) is 1.21. The Hall–Kier alpha value is -1.55. The number of likely N-dealkylation sites (N-methyl/N-ethyl adjacent to an activating group) is 1. The molecule has 1 aromatic rings. The van der Waals surface area contributed by atoms with Crippen molar-refractivity contribution in [1.29, 1.82) is 0 Å². The lowest BCUT2D eigenvalue weighted by atomic mass is 10.2. The summed E-state index contributed by atoms with van der Waals surface area (Å²) in [5, 5.41) is 0. The Kier molecular flexibility index (Phi) is 2.87. The number of rotatable bonds is 3. The zero-order valence-electron chi connectivity index (χ0n) is 8.55. The molecule has 0 aliphatic carbocycles. The molecule has 1 atom stereocenters. The van der Waals surface area contributed by atoms with Crippen molar-refractivity contribution in [2.24, 2.45) is 0 Å². The minimum atomic E-state index is -0.346. The largest absolute Gasteiger partial charge is 0.444 e. The van der Waals surface area contributed by atoms with Gasteiger partial charge < -0.3 is 9.47 Å². The van der Waals surface area contributed by atoms with E-state index in [0.29, 0.717) is 13.2 Å². The van der Waals surface area contributed by atoms with Gasteiger partial charge in [0.2, 0.25) is 0 Å². The van der Waals surface area contributed by atoms with Crippen molar-refractivity contribution in [2.75, 3.05) is 13.7 Å². The van der Waals surface area contributed by atoms with E-state index < -0.39 is 0 Å². The van der Waals surface area contributed by atoms with Crippen LogP contribution < -0.4 is 0 Å². The van der Waals surface area contributed by atoms with Crippen LogP contribution >= 0.6 is 0 Å². The average molecular weight is 207 g/mol. The van der Waals surface area contributed by atoms with E-state index in [2.05, 4.69) is 0 Å². The lowest BCUT2D eigenvalue weighted by Crippen LogP contribution is -2.30. The van der Waals surface area contributed by atoms with Crippen LogP contribution in [0, 0.1) is 0 Å². The molecule has 1 fully saturated rings. The standard InChI is InChI=1S/C11H13NO3/c1-12(10-8-14-10)11(13)15-7-9-5-3-2-4-6-9/h2-6,10H,7-8H2,1H3/t10-/m1/s1. The molecule has 1 aliphatic rings. The topological polar surface area (TPSA) is 42.1 Å². The van der Waals surface area contributed by atoms with Crippen molar-refractivity contribution in [1.82, 2.24) is 4.90 Å². The molecule has 0 spiro atoms. The number of ether oxygens (including phenoxy) is 2. The maximum absolute atomic E-state index is 11.4. The Bertz CT molecular complexity index is 335. The van der Waals surface area contributed by atoms with Gasteiger partial charge >= 0.3 is 6.09 Å². The lowest BCUT2D eigenvalue weighted by Gasteiger charge is -2.13. The molecule has 0 aromatic heterocycles. The smallest absolute Gasteiger partial charge is 0.411 e. The van der Waals surface area contributed by atoms with E-state index in [4.69, 9.17) is 9.47 Å². The minimum Gasteiger partial charge on any atom is -0.444 e. The highest BCUT2D eigenvalue weighted by molar-refractivity contribution is 5.67. The van der Waals surface area contributed by atoms with E-state index in [0.717, 1.165) is 5.56 Å². The normalized spacial score (nSPS) is 18.3. The van der Waals surface area contributed by atoms with Crippen molar-refractivity contribution in [3.63, 3.8) is 0 Å². The quantitative estimate of drug-likeness (QED) is 0.707. The fraction of sp³-hybridized carbons (Fsp3) is 0.364. The molecule has 0 unspecified atom stereocenters. The highest BCUT2D eigenvalue weighted by Crippen LogP contribution is 2.14. The molecule has 4 nitrogen and oxygen atoms in total. The zero-order valence-corrected chi connectivity index (χ0v) is 8.55. The van der Waals surface area contributed by atoms with Gasteiger partial charge in [-0.15, -0.1) is 0 Å². The van der Waals surface area contributed by atoms with E-state index in [1.54, 1.807) is 7.05 Å². The molecule has 1 heterocycles. The Balaban J connectivity index is 1.80. The second kappa shape index (κ2) is 4.31. The molecule has 15 heavy (non-hydrogen) atoms. The molecule has 0 saturated carbocycles. The predicted molar refractivity (Wildman–Crippen MR) is 54.1 cm³/mol. The first-order chi connectivity index (χ1) is 7.27. The predicted octanol–water partition coefficient (Wildman–Crippen LogP) is 1.61. The first-order valence-corrected chi connectivity index (χ1v) is 4.82. The summed E-state index contributed by atoms with van der Waals surface area (Å²) in [7, 11) is 1.67. The van der Waals surface area contributed by atoms with Gasteiger partial charge in [0.05, 0.1) is 6.61 Å². The number of hydrogen-bond donors (Lipinski definition) is 0. The van der Waals surface area contributed by atoms with E-state index in [9.17, 15) is 4.79 Å². The zero-order chi connectivity index (χ0) is 10.7. The van der Waals surface area contributed by atoms with Crippen molar-refractivity contribution in [3.05, 3.63) is 35.9 Å². The van der Waals surface area contributed by atoms with Gasteiger partial charge in [-0.3, -0.25) is 4.90 Å². The molecule has 4 heteroatoms.